The van der Waals surface area contributed by atoms with Crippen LogP contribution in [0.5, 0.6) is 0 Å². The van der Waals surface area contributed by atoms with Gasteiger partial charge in [0.15, 0.2) is 0 Å². The normalized spacial score (nSPS) is 20.5. The van der Waals surface area contributed by atoms with E-state index in [9.17, 15) is 0 Å². The van der Waals surface area contributed by atoms with Crippen molar-refractivity contribution in [1.82, 2.24) is 0 Å². The van der Waals surface area contributed by atoms with E-state index in [-0.39, 0.29) is 0 Å². The molecule has 0 bridgehead atoms. The molecule has 1 heterocycles. The highest BCUT2D eigenvalue weighted by atomic mass is 32.2. The first-order chi connectivity index (χ1) is 7.83. The van der Waals surface area contributed by atoms with Crippen molar-refractivity contribution in [2.75, 3.05) is 30.3 Å². The maximum Gasteiger partial charge on any atom is 0.0992 e. The summed E-state index contributed by atoms with van der Waals surface area (Å²) < 4.78 is 0. The van der Waals surface area contributed by atoms with Crippen LogP contribution in [-0.4, -0.2) is 30.6 Å². The van der Waals surface area contributed by atoms with Crippen molar-refractivity contribution in [3.05, 3.63) is 29.8 Å². The Labute approximate surface area is 100 Å². The third kappa shape index (κ3) is 2.49. The first-order valence-electron chi connectivity index (χ1n) is 5.40. The van der Waals surface area contributed by atoms with Gasteiger partial charge in [0.1, 0.15) is 0 Å². The van der Waals surface area contributed by atoms with Crippen molar-refractivity contribution in [1.29, 1.82) is 5.26 Å². The molecule has 1 aliphatic heterocycles. The molecular formula is C12H15N3S. The lowest BCUT2D eigenvalue weighted by Crippen LogP contribution is -2.41. The Morgan fingerprint density at radius 3 is 3.19 bits per heavy atom. The van der Waals surface area contributed by atoms with Crippen LogP contribution in [0.15, 0.2) is 24.3 Å². The lowest BCUT2D eigenvalue weighted by Gasteiger charge is -2.33. The van der Waals surface area contributed by atoms with Crippen LogP contribution in [0.2, 0.25) is 0 Å². The summed E-state index contributed by atoms with van der Waals surface area (Å²) in [5.41, 5.74) is 7.56. The van der Waals surface area contributed by atoms with E-state index in [1.165, 1.54) is 0 Å². The van der Waals surface area contributed by atoms with Crippen molar-refractivity contribution in [2.24, 2.45) is 5.73 Å². The number of thioether (sulfide) groups is 1. The van der Waals surface area contributed by atoms with Crippen molar-refractivity contribution in [3.63, 3.8) is 0 Å². The van der Waals surface area contributed by atoms with Crippen LogP contribution in [0, 0.1) is 11.3 Å². The molecule has 16 heavy (non-hydrogen) atoms. The van der Waals surface area contributed by atoms with E-state index in [0.29, 0.717) is 5.25 Å². The molecule has 0 aliphatic carbocycles. The Hall–Kier alpha value is -1.18. The van der Waals surface area contributed by atoms with E-state index in [4.69, 9.17) is 11.0 Å². The van der Waals surface area contributed by atoms with Gasteiger partial charge in [-0.25, -0.2) is 0 Å². The summed E-state index contributed by atoms with van der Waals surface area (Å²) >= 11 is 1.94. The van der Waals surface area contributed by atoms with Crippen molar-refractivity contribution in [2.45, 2.75) is 5.25 Å². The summed E-state index contributed by atoms with van der Waals surface area (Å²) in [7, 11) is 0. The maximum atomic E-state index is 8.87. The standard InChI is InChI=1S/C12H15N3S/c13-7-10-2-1-3-11(6-10)15-4-5-16-12(8-14)9-15/h1-3,6,12H,4-5,8-9,14H2. The van der Waals surface area contributed by atoms with Crippen LogP contribution in [0.4, 0.5) is 5.69 Å². The van der Waals surface area contributed by atoms with Crippen LogP contribution >= 0.6 is 11.8 Å². The minimum Gasteiger partial charge on any atom is -0.370 e. The van der Waals surface area contributed by atoms with Gasteiger partial charge in [0.05, 0.1) is 11.6 Å². The number of nitrogens with two attached hydrogens (primary N) is 1. The zero-order valence-electron chi connectivity index (χ0n) is 9.10. The first-order valence-corrected chi connectivity index (χ1v) is 6.45. The predicted molar refractivity (Wildman–Crippen MR) is 68.7 cm³/mol. The van der Waals surface area contributed by atoms with Gasteiger partial charge in [0, 0.05) is 36.3 Å². The Morgan fingerprint density at radius 1 is 1.56 bits per heavy atom. The minimum absolute atomic E-state index is 0.513. The van der Waals surface area contributed by atoms with Gasteiger partial charge in [0.2, 0.25) is 0 Å². The zero-order valence-corrected chi connectivity index (χ0v) is 9.91. The molecular weight excluding hydrogens is 218 g/mol. The van der Waals surface area contributed by atoms with Crippen molar-refractivity contribution < 1.29 is 0 Å². The van der Waals surface area contributed by atoms with Crippen LogP contribution in [0.25, 0.3) is 0 Å². The van der Waals surface area contributed by atoms with E-state index in [0.717, 1.165) is 36.6 Å². The van der Waals surface area contributed by atoms with Gasteiger partial charge < -0.3 is 10.6 Å². The number of benzene rings is 1. The number of anilines is 1. The minimum atomic E-state index is 0.513. The number of nitrogens with zero attached hydrogens (tertiary/aromatic N) is 2. The van der Waals surface area contributed by atoms with Crippen LogP contribution < -0.4 is 10.6 Å². The van der Waals surface area contributed by atoms with Gasteiger partial charge >= 0.3 is 0 Å². The highest BCUT2D eigenvalue weighted by Gasteiger charge is 2.19. The fourth-order valence-corrected chi connectivity index (χ4v) is 2.95. The summed E-state index contributed by atoms with van der Waals surface area (Å²) in [5.74, 6) is 1.11. The van der Waals surface area contributed by atoms with Crippen molar-refractivity contribution in [3.8, 4) is 6.07 Å². The van der Waals surface area contributed by atoms with E-state index in [1.54, 1.807) is 0 Å². The first kappa shape index (κ1) is 11.3. The summed E-state index contributed by atoms with van der Waals surface area (Å²) in [6, 6.07) is 9.96. The highest BCUT2D eigenvalue weighted by molar-refractivity contribution is 8.00. The Morgan fingerprint density at radius 2 is 2.44 bits per heavy atom. The molecule has 0 saturated carbocycles. The van der Waals surface area contributed by atoms with Gasteiger partial charge in [-0.05, 0) is 18.2 Å². The summed E-state index contributed by atoms with van der Waals surface area (Å²) in [5, 5.41) is 9.38. The lowest BCUT2D eigenvalue weighted by molar-refractivity contribution is 0.748. The number of hydrogen-bond donors (Lipinski definition) is 1. The lowest BCUT2D eigenvalue weighted by atomic mass is 10.2. The van der Waals surface area contributed by atoms with Crippen LogP contribution in [-0.2, 0) is 0 Å². The molecule has 0 aromatic heterocycles. The highest BCUT2D eigenvalue weighted by Crippen LogP contribution is 2.24. The number of nitriles is 1. The second-order valence-electron chi connectivity index (χ2n) is 3.84. The van der Waals surface area contributed by atoms with Gasteiger partial charge in [0.25, 0.3) is 0 Å². The van der Waals surface area contributed by atoms with Gasteiger partial charge in [-0.15, -0.1) is 0 Å². The average molecular weight is 233 g/mol. The number of rotatable bonds is 2. The molecule has 1 fully saturated rings. The Kier molecular flexibility index (Phi) is 3.70. The molecule has 0 spiro atoms. The largest absolute Gasteiger partial charge is 0.370 e. The maximum absolute atomic E-state index is 8.87. The number of hydrogen-bond acceptors (Lipinski definition) is 4. The van der Waals surface area contributed by atoms with Crippen LogP contribution in [0.3, 0.4) is 0 Å². The monoisotopic (exact) mass is 233 g/mol. The molecule has 0 amide bonds. The van der Waals surface area contributed by atoms with Gasteiger partial charge in [-0.1, -0.05) is 6.07 Å². The second kappa shape index (κ2) is 5.24. The molecule has 84 valence electrons. The topological polar surface area (TPSA) is 53.0 Å². The average Bonchev–Trinajstić information content (AvgIpc) is 2.39. The summed E-state index contributed by atoms with van der Waals surface area (Å²) in [6.45, 7) is 2.74. The molecule has 1 aromatic carbocycles. The Bertz CT molecular complexity index is 399. The smallest absolute Gasteiger partial charge is 0.0992 e. The van der Waals surface area contributed by atoms with Gasteiger partial charge in [-0.2, -0.15) is 17.0 Å². The molecule has 1 aromatic rings. The fraction of sp³-hybridized carbons (Fsp3) is 0.417. The van der Waals surface area contributed by atoms with Crippen molar-refractivity contribution >= 4 is 17.4 Å². The molecule has 3 nitrogen and oxygen atoms in total. The molecule has 1 aliphatic rings. The molecule has 0 radical (unpaired) electrons. The molecule has 4 heteroatoms. The Balaban J connectivity index is 2.14. The molecule has 1 saturated heterocycles. The summed E-state index contributed by atoms with van der Waals surface area (Å²) in [4.78, 5) is 2.31. The fourth-order valence-electron chi connectivity index (χ4n) is 1.87. The van der Waals surface area contributed by atoms with E-state index >= 15 is 0 Å². The molecule has 2 rings (SSSR count). The van der Waals surface area contributed by atoms with E-state index in [2.05, 4.69) is 17.0 Å². The molecule has 1 atom stereocenters. The zero-order chi connectivity index (χ0) is 11.4. The molecule has 2 N–H and O–H groups in total. The SMILES string of the molecule is N#Cc1cccc(N2CCSC(CN)C2)c1. The quantitative estimate of drug-likeness (QED) is 0.840. The predicted octanol–water partition coefficient (Wildman–Crippen LogP) is 1.44. The van der Waals surface area contributed by atoms with Gasteiger partial charge in [-0.3, -0.25) is 0 Å². The van der Waals surface area contributed by atoms with Crippen LogP contribution in [0.1, 0.15) is 5.56 Å². The molecule has 1 unspecified atom stereocenters. The van der Waals surface area contributed by atoms with E-state index < -0.39 is 0 Å². The summed E-state index contributed by atoms with van der Waals surface area (Å²) in [6.07, 6.45) is 0. The second-order valence-corrected chi connectivity index (χ2v) is 5.24. The van der Waals surface area contributed by atoms with E-state index in [1.807, 2.05) is 30.0 Å². The third-order valence-electron chi connectivity index (χ3n) is 2.74. The third-order valence-corrected chi connectivity index (χ3v) is 3.97.